The molecule has 0 bridgehead atoms. The number of hydrogen-bond acceptors (Lipinski definition) is 11. The number of carbonyl (C=O) groups excluding carboxylic acids is 5. The molecule has 0 saturated heterocycles. The molecule has 2 rings (SSSR count). The van der Waals surface area contributed by atoms with E-state index in [2.05, 4.69) is 15.0 Å². The zero-order valence-corrected chi connectivity index (χ0v) is 20.7. The van der Waals surface area contributed by atoms with E-state index in [1.54, 1.807) is 31.5 Å². The van der Waals surface area contributed by atoms with E-state index in [0.29, 0.717) is 10.6 Å². The van der Waals surface area contributed by atoms with Crippen LogP contribution in [0.3, 0.4) is 0 Å². The number of hydroxylamine groups is 1. The van der Waals surface area contributed by atoms with Crippen LogP contribution >= 0.6 is 11.3 Å². The van der Waals surface area contributed by atoms with Crippen molar-refractivity contribution in [2.75, 3.05) is 18.3 Å². The van der Waals surface area contributed by atoms with Gasteiger partial charge in [-0.05, 0) is 44.9 Å². The highest BCUT2D eigenvalue weighted by molar-refractivity contribution is 7.16. The van der Waals surface area contributed by atoms with Crippen LogP contribution in [0.1, 0.15) is 39.5 Å². The molecule has 0 saturated carbocycles. The lowest BCUT2D eigenvalue weighted by Crippen LogP contribution is -2.49. The average molecular weight is 524 g/mol. The van der Waals surface area contributed by atoms with E-state index in [1.807, 2.05) is 5.32 Å². The minimum absolute atomic E-state index is 0.0178. The van der Waals surface area contributed by atoms with E-state index in [0.717, 1.165) is 4.70 Å². The monoisotopic (exact) mass is 523 g/mol. The molecule has 2 aromatic rings. The molecule has 0 spiro atoms. The first-order chi connectivity index (χ1) is 17.2. The van der Waals surface area contributed by atoms with Gasteiger partial charge < -0.3 is 20.5 Å². The number of nitrogens with zero attached hydrogens (tertiary/aromatic N) is 2. The number of thiazole rings is 1. The van der Waals surface area contributed by atoms with Crippen LogP contribution in [0, 0.1) is 0 Å². The standard InChI is InChI=1S/C22H29N5O8S/c1-3-34-21(31)14(23)6-9-18(28)25-16(20(30)26-22(32)35-4-2)8-10-19(29)27(33)13-5-7-15-17(11-13)36-12-24-15/h5,7,11-12,14,16,33H,3-4,6,8-10,23H2,1-2H3,(H,25,28)(H,26,30,32)/t14?,16-/m0/s1. The molecule has 2 atom stereocenters. The first-order valence-corrected chi connectivity index (χ1v) is 12.1. The average Bonchev–Trinajstić information content (AvgIpc) is 3.32. The number of amides is 4. The Kier molecular flexibility index (Phi) is 11.2. The first-order valence-electron chi connectivity index (χ1n) is 11.2. The van der Waals surface area contributed by atoms with Crippen LogP contribution in [-0.2, 0) is 28.7 Å². The number of rotatable bonds is 12. The Labute approximate surface area is 210 Å². The van der Waals surface area contributed by atoms with Gasteiger partial charge in [-0.1, -0.05) is 0 Å². The number of imide groups is 1. The third-order valence-corrected chi connectivity index (χ3v) is 5.66. The van der Waals surface area contributed by atoms with Crippen molar-refractivity contribution < 1.29 is 38.7 Å². The van der Waals surface area contributed by atoms with Gasteiger partial charge in [0, 0.05) is 12.8 Å². The molecule has 1 aromatic carbocycles. The number of ether oxygens (including phenoxy) is 2. The second kappa shape index (κ2) is 14.1. The molecule has 36 heavy (non-hydrogen) atoms. The van der Waals surface area contributed by atoms with Gasteiger partial charge >= 0.3 is 12.1 Å². The molecular formula is C22H29N5O8S. The zero-order valence-electron chi connectivity index (χ0n) is 19.9. The van der Waals surface area contributed by atoms with Crippen molar-refractivity contribution in [1.82, 2.24) is 15.6 Å². The van der Waals surface area contributed by atoms with Gasteiger partial charge in [0.15, 0.2) is 0 Å². The van der Waals surface area contributed by atoms with Gasteiger partial charge in [-0.2, -0.15) is 5.06 Å². The predicted molar refractivity (Wildman–Crippen MR) is 129 cm³/mol. The predicted octanol–water partition coefficient (Wildman–Crippen LogP) is 1.23. The molecule has 1 aromatic heterocycles. The molecule has 0 radical (unpaired) electrons. The molecule has 5 N–H and O–H groups in total. The van der Waals surface area contributed by atoms with E-state index in [-0.39, 0.29) is 44.6 Å². The molecule has 0 aliphatic rings. The van der Waals surface area contributed by atoms with E-state index in [1.165, 1.54) is 17.4 Å². The fourth-order valence-electron chi connectivity index (χ4n) is 3.04. The SMILES string of the molecule is CCOC(=O)NC(=O)[C@H](CCC(=O)N(O)c1ccc2ncsc2c1)NC(=O)CCC(N)C(=O)OCC. The summed E-state index contributed by atoms with van der Waals surface area (Å²) in [6, 6.07) is 2.42. The third-order valence-electron chi connectivity index (χ3n) is 4.87. The Hall–Kier alpha value is -3.62. The van der Waals surface area contributed by atoms with E-state index in [4.69, 9.17) is 10.5 Å². The number of benzene rings is 1. The van der Waals surface area contributed by atoms with Crippen molar-refractivity contribution in [2.45, 2.75) is 51.6 Å². The summed E-state index contributed by atoms with van der Waals surface area (Å²) >= 11 is 1.34. The lowest BCUT2D eigenvalue weighted by molar-refractivity contribution is -0.145. The number of hydrogen-bond donors (Lipinski definition) is 4. The van der Waals surface area contributed by atoms with Crippen molar-refractivity contribution >= 4 is 57.0 Å². The Morgan fingerprint density at radius 3 is 2.53 bits per heavy atom. The van der Waals surface area contributed by atoms with E-state index in [9.17, 15) is 29.2 Å². The Morgan fingerprint density at radius 1 is 1.11 bits per heavy atom. The van der Waals surface area contributed by atoms with Crippen LogP contribution in [0.2, 0.25) is 0 Å². The summed E-state index contributed by atoms with van der Waals surface area (Å²) in [6.45, 7) is 3.33. The molecule has 0 aliphatic heterocycles. The van der Waals surface area contributed by atoms with Crippen LogP contribution in [-0.4, -0.2) is 65.3 Å². The molecule has 196 valence electrons. The highest BCUT2D eigenvalue weighted by Gasteiger charge is 2.26. The molecule has 1 unspecified atom stereocenters. The lowest BCUT2D eigenvalue weighted by atomic mass is 10.1. The number of nitrogens with two attached hydrogens (primary N) is 1. The van der Waals surface area contributed by atoms with Gasteiger partial charge in [-0.25, -0.2) is 9.78 Å². The lowest BCUT2D eigenvalue weighted by Gasteiger charge is -2.20. The van der Waals surface area contributed by atoms with Crippen LogP contribution in [0.5, 0.6) is 0 Å². The van der Waals surface area contributed by atoms with Gasteiger partial charge in [0.25, 0.3) is 11.8 Å². The van der Waals surface area contributed by atoms with E-state index < -0.39 is 41.9 Å². The Bertz CT molecular complexity index is 1090. The Morgan fingerprint density at radius 2 is 1.83 bits per heavy atom. The van der Waals surface area contributed by atoms with Gasteiger partial charge in [-0.3, -0.25) is 29.7 Å². The van der Waals surface area contributed by atoms with Gasteiger partial charge in [-0.15, -0.1) is 11.3 Å². The largest absolute Gasteiger partial charge is 0.465 e. The van der Waals surface area contributed by atoms with Crippen LogP contribution in [0.15, 0.2) is 23.7 Å². The summed E-state index contributed by atoms with van der Waals surface area (Å²) in [7, 11) is 0. The smallest absolute Gasteiger partial charge is 0.413 e. The highest BCUT2D eigenvalue weighted by atomic mass is 32.1. The normalized spacial score (nSPS) is 12.3. The van der Waals surface area contributed by atoms with Crippen molar-refractivity contribution in [3.05, 3.63) is 23.7 Å². The van der Waals surface area contributed by atoms with Gasteiger partial charge in [0.05, 0.1) is 34.6 Å². The summed E-state index contributed by atoms with van der Waals surface area (Å²) in [5, 5.41) is 15.2. The number of nitrogens with one attached hydrogen (secondary N) is 2. The molecule has 0 fully saturated rings. The quantitative estimate of drug-likeness (QED) is 0.179. The number of esters is 1. The molecule has 1 heterocycles. The molecular weight excluding hydrogens is 494 g/mol. The second-order valence-corrected chi connectivity index (χ2v) is 8.36. The van der Waals surface area contributed by atoms with Crippen molar-refractivity contribution in [2.24, 2.45) is 5.73 Å². The first kappa shape index (κ1) is 28.6. The van der Waals surface area contributed by atoms with Crippen LogP contribution in [0.25, 0.3) is 10.2 Å². The minimum Gasteiger partial charge on any atom is -0.465 e. The molecule has 13 nitrogen and oxygen atoms in total. The number of fused-ring (bicyclic) bond motifs is 1. The maximum atomic E-state index is 12.6. The number of alkyl carbamates (subject to hydrolysis) is 1. The summed E-state index contributed by atoms with van der Waals surface area (Å²) in [5.41, 5.74) is 8.24. The van der Waals surface area contributed by atoms with Crippen LogP contribution in [0.4, 0.5) is 10.5 Å². The zero-order chi connectivity index (χ0) is 26.7. The number of aromatic nitrogens is 1. The molecule has 4 amide bonds. The van der Waals surface area contributed by atoms with Gasteiger partial charge in [0.1, 0.15) is 12.1 Å². The van der Waals surface area contributed by atoms with Gasteiger partial charge in [0.2, 0.25) is 5.91 Å². The van der Waals surface area contributed by atoms with E-state index >= 15 is 0 Å². The van der Waals surface area contributed by atoms with Crippen molar-refractivity contribution in [3.8, 4) is 0 Å². The highest BCUT2D eigenvalue weighted by Crippen LogP contribution is 2.24. The Balaban J connectivity index is 2.01. The summed E-state index contributed by atoms with van der Waals surface area (Å²) < 4.78 is 10.2. The fraction of sp³-hybridized carbons (Fsp3) is 0.455. The van der Waals surface area contributed by atoms with Crippen LogP contribution < -0.4 is 21.4 Å². The summed E-state index contributed by atoms with van der Waals surface area (Å²) in [4.78, 5) is 64.9. The summed E-state index contributed by atoms with van der Waals surface area (Å²) in [6.07, 6.45) is -1.85. The maximum Gasteiger partial charge on any atom is 0.413 e. The number of anilines is 1. The van der Waals surface area contributed by atoms with Crippen molar-refractivity contribution in [1.29, 1.82) is 0 Å². The maximum absolute atomic E-state index is 12.6. The third kappa shape index (κ3) is 8.55. The van der Waals surface area contributed by atoms with Crippen molar-refractivity contribution in [3.63, 3.8) is 0 Å². The molecule has 0 aliphatic carbocycles. The molecule has 14 heteroatoms. The summed E-state index contributed by atoms with van der Waals surface area (Å²) in [5.74, 6) is -2.94. The minimum atomic E-state index is -1.30. The fourth-order valence-corrected chi connectivity index (χ4v) is 3.75. The second-order valence-electron chi connectivity index (χ2n) is 7.48. The topological polar surface area (TPSA) is 190 Å². The number of carbonyl (C=O) groups is 5.